The van der Waals surface area contributed by atoms with Crippen LogP contribution in [0.4, 0.5) is 11.8 Å². The molecule has 0 fully saturated rings. The van der Waals surface area contributed by atoms with E-state index in [1.807, 2.05) is 31.2 Å². The highest BCUT2D eigenvalue weighted by molar-refractivity contribution is 6.31. The zero-order valence-corrected chi connectivity index (χ0v) is 17.8. The van der Waals surface area contributed by atoms with Gasteiger partial charge in [0.25, 0.3) is 0 Å². The largest absolute Gasteiger partial charge is 0.423 e. The first kappa shape index (κ1) is 20.1. The lowest BCUT2D eigenvalue weighted by Gasteiger charge is -2.29. The van der Waals surface area contributed by atoms with Gasteiger partial charge in [0, 0.05) is 30.6 Å². The third-order valence-electron chi connectivity index (χ3n) is 4.90. The molecule has 0 bridgehead atoms. The molecule has 1 aromatic carbocycles. The molecule has 4 aromatic rings. The molecule has 4 N–H and O–H groups in total. The summed E-state index contributed by atoms with van der Waals surface area (Å²) in [5, 5.41) is 28.7. The number of rotatable bonds is 5. The molecule has 32 heavy (non-hydrogen) atoms. The Balaban J connectivity index is 1.49. The van der Waals surface area contributed by atoms with Gasteiger partial charge in [-0.2, -0.15) is 10.1 Å². The van der Waals surface area contributed by atoms with Crippen LogP contribution in [0.25, 0.3) is 11.1 Å². The zero-order chi connectivity index (χ0) is 22.2. The van der Waals surface area contributed by atoms with Crippen LogP contribution in [-0.2, 0) is 7.05 Å². The number of aryl methyl sites for hydroxylation is 1. The maximum atomic E-state index is 10.9. The van der Waals surface area contributed by atoms with Gasteiger partial charge in [-0.1, -0.05) is 28.9 Å². The van der Waals surface area contributed by atoms with E-state index in [1.165, 1.54) is 6.26 Å². The predicted octanol–water partition coefficient (Wildman–Crippen LogP) is 3.02. The summed E-state index contributed by atoms with van der Waals surface area (Å²) in [6, 6.07) is 8.62. The van der Waals surface area contributed by atoms with E-state index in [1.54, 1.807) is 24.0 Å². The maximum absolute atomic E-state index is 10.9. The number of allylic oxidation sites excluding steroid dienone is 1. The second-order valence-corrected chi connectivity index (χ2v) is 7.57. The fourth-order valence-electron chi connectivity index (χ4n) is 3.51. The van der Waals surface area contributed by atoms with Crippen molar-refractivity contribution in [3.05, 3.63) is 64.8 Å². The van der Waals surface area contributed by atoms with Crippen molar-refractivity contribution in [3.8, 4) is 0 Å². The van der Waals surface area contributed by atoms with Gasteiger partial charge >= 0.3 is 6.01 Å². The van der Waals surface area contributed by atoms with Crippen molar-refractivity contribution in [2.24, 2.45) is 12.0 Å². The SMILES string of the molecule is CC1=C(C(O)Nc2ccon2)C(c2nn(C)cc2Cl)N=C(Nc2nc3ccccc3o2)N1. The van der Waals surface area contributed by atoms with E-state index in [0.717, 1.165) is 5.52 Å². The van der Waals surface area contributed by atoms with Crippen LogP contribution in [0.2, 0.25) is 5.02 Å². The molecule has 0 saturated heterocycles. The Bertz CT molecular complexity index is 1290. The second-order valence-electron chi connectivity index (χ2n) is 7.16. The highest BCUT2D eigenvalue weighted by Gasteiger charge is 2.33. The van der Waals surface area contributed by atoms with Gasteiger partial charge in [-0.25, -0.2) is 4.99 Å². The van der Waals surface area contributed by atoms with Crippen molar-refractivity contribution >= 4 is 40.5 Å². The van der Waals surface area contributed by atoms with Gasteiger partial charge in [-0.3, -0.25) is 10.00 Å². The number of aromatic nitrogens is 4. The van der Waals surface area contributed by atoms with Crippen molar-refractivity contribution in [1.82, 2.24) is 25.2 Å². The average Bonchev–Trinajstić information content (AvgIpc) is 3.47. The van der Waals surface area contributed by atoms with Gasteiger partial charge in [0.05, 0.1) is 5.02 Å². The van der Waals surface area contributed by atoms with E-state index in [2.05, 4.69) is 31.2 Å². The summed E-state index contributed by atoms with van der Waals surface area (Å²) >= 11 is 6.42. The van der Waals surface area contributed by atoms with Crippen LogP contribution in [0, 0.1) is 0 Å². The number of aliphatic imine (C=N–C) groups is 1. The maximum Gasteiger partial charge on any atom is 0.302 e. The minimum Gasteiger partial charge on any atom is -0.423 e. The van der Waals surface area contributed by atoms with Gasteiger partial charge in [-0.05, 0) is 19.1 Å². The fourth-order valence-corrected chi connectivity index (χ4v) is 3.79. The van der Waals surface area contributed by atoms with Crippen molar-refractivity contribution in [2.45, 2.75) is 19.2 Å². The minimum absolute atomic E-state index is 0.279. The van der Waals surface area contributed by atoms with Crippen molar-refractivity contribution in [2.75, 3.05) is 10.6 Å². The van der Waals surface area contributed by atoms with E-state index < -0.39 is 12.3 Å². The average molecular weight is 455 g/mol. The first-order chi connectivity index (χ1) is 15.5. The van der Waals surface area contributed by atoms with E-state index in [9.17, 15) is 5.11 Å². The molecule has 12 heteroatoms. The molecule has 4 heterocycles. The van der Waals surface area contributed by atoms with E-state index in [4.69, 9.17) is 25.5 Å². The molecule has 0 saturated carbocycles. The van der Waals surface area contributed by atoms with Crippen LogP contribution in [0.3, 0.4) is 0 Å². The quantitative estimate of drug-likeness (QED) is 0.335. The van der Waals surface area contributed by atoms with Crippen molar-refractivity contribution in [1.29, 1.82) is 0 Å². The molecule has 1 aliphatic rings. The van der Waals surface area contributed by atoms with Crippen LogP contribution in [0.1, 0.15) is 18.7 Å². The van der Waals surface area contributed by atoms with Crippen LogP contribution in [-0.4, -0.2) is 37.2 Å². The minimum atomic E-state index is -1.13. The van der Waals surface area contributed by atoms with Crippen LogP contribution in [0.5, 0.6) is 0 Å². The first-order valence-electron chi connectivity index (χ1n) is 9.70. The Morgan fingerprint density at radius 2 is 2.12 bits per heavy atom. The summed E-state index contributed by atoms with van der Waals surface area (Å²) in [5.41, 5.74) is 3.03. The summed E-state index contributed by atoms with van der Waals surface area (Å²) in [6.45, 7) is 1.81. The molecule has 2 atom stereocenters. The topological polar surface area (TPSA) is 139 Å². The lowest BCUT2D eigenvalue weighted by atomic mass is 9.99. The van der Waals surface area contributed by atoms with Crippen LogP contribution in [0.15, 0.2) is 68.0 Å². The Kier molecular flexibility index (Phi) is 5.04. The number of aliphatic hydroxyl groups excluding tert-OH is 1. The molecule has 0 radical (unpaired) electrons. The number of anilines is 2. The molecular weight excluding hydrogens is 436 g/mol. The van der Waals surface area contributed by atoms with Crippen molar-refractivity contribution < 1.29 is 14.0 Å². The molecule has 5 rings (SSSR count). The zero-order valence-electron chi connectivity index (χ0n) is 17.1. The fraction of sp³-hybridized carbons (Fsp3) is 0.200. The highest BCUT2D eigenvalue weighted by Crippen LogP contribution is 2.35. The summed E-state index contributed by atoms with van der Waals surface area (Å²) in [4.78, 5) is 9.12. The van der Waals surface area contributed by atoms with Gasteiger partial charge < -0.3 is 24.7 Å². The molecule has 1 aliphatic heterocycles. The molecule has 2 unspecified atom stereocenters. The first-order valence-corrected chi connectivity index (χ1v) is 10.1. The molecule has 11 nitrogen and oxygen atoms in total. The van der Waals surface area contributed by atoms with Gasteiger partial charge in [-0.15, -0.1) is 0 Å². The lowest BCUT2D eigenvalue weighted by molar-refractivity contribution is 0.227. The Morgan fingerprint density at radius 3 is 2.84 bits per heavy atom. The van der Waals surface area contributed by atoms with E-state index in [-0.39, 0.29) is 6.01 Å². The van der Waals surface area contributed by atoms with Gasteiger partial charge in [0.1, 0.15) is 23.5 Å². The molecule has 0 amide bonds. The molecular formula is C20H19ClN8O3. The number of para-hydroxylation sites is 2. The molecule has 164 valence electrons. The van der Waals surface area contributed by atoms with Crippen molar-refractivity contribution in [3.63, 3.8) is 0 Å². The number of nitrogens with zero attached hydrogens (tertiary/aromatic N) is 5. The number of hydrogen-bond acceptors (Lipinski definition) is 10. The van der Waals surface area contributed by atoms with E-state index in [0.29, 0.717) is 39.3 Å². The standard InChI is InChI=1S/C20H19ClN8O3/c1-10-15(18(30)24-14-7-8-31-28-14)17(16-11(21)9-29(2)27-16)25-19(22-10)26-20-23-12-5-3-4-6-13(12)32-20/h3-9,17-18,30H,1-2H3,(H,24,28)(H2,22,23,25,26). The number of hydrogen-bond donors (Lipinski definition) is 4. The summed E-state index contributed by atoms with van der Waals surface area (Å²) < 4.78 is 12.1. The number of oxazole rings is 1. The Morgan fingerprint density at radius 1 is 1.28 bits per heavy atom. The third kappa shape index (κ3) is 3.79. The lowest BCUT2D eigenvalue weighted by Crippen LogP contribution is -2.39. The monoisotopic (exact) mass is 454 g/mol. The number of guanidine groups is 1. The third-order valence-corrected chi connectivity index (χ3v) is 5.19. The Labute approximate surface area is 186 Å². The van der Waals surface area contributed by atoms with Gasteiger partial charge in [0.15, 0.2) is 17.6 Å². The predicted molar refractivity (Wildman–Crippen MR) is 118 cm³/mol. The van der Waals surface area contributed by atoms with Crippen LogP contribution >= 0.6 is 11.6 Å². The van der Waals surface area contributed by atoms with E-state index >= 15 is 0 Å². The number of aliphatic hydroxyl groups is 1. The van der Waals surface area contributed by atoms with Gasteiger partial charge in [0.2, 0.25) is 5.96 Å². The molecule has 3 aromatic heterocycles. The summed E-state index contributed by atoms with van der Waals surface area (Å²) in [6.07, 6.45) is 1.95. The summed E-state index contributed by atoms with van der Waals surface area (Å²) in [7, 11) is 1.76. The molecule has 0 aliphatic carbocycles. The summed E-state index contributed by atoms with van der Waals surface area (Å²) in [5.74, 6) is 0.751. The molecule has 0 spiro atoms. The number of halogens is 1. The number of fused-ring (bicyclic) bond motifs is 1. The highest BCUT2D eigenvalue weighted by atomic mass is 35.5. The van der Waals surface area contributed by atoms with Crippen LogP contribution < -0.4 is 16.0 Å². The number of benzene rings is 1. The second kappa shape index (κ2) is 8.02. The Hall–Kier alpha value is -3.83. The smallest absolute Gasteiger partial charge is 0.302 e. The normalized spacial score (nSPS) is 17.2. The number of nitrogens with one attached hydrogen (secondary N) is 3.